The van der Waals surface area contributed by atoms with Crippen LogP contribution in [0.2, 0.25) is 0 Å². The lowest BCUT2D eigenvalue weighted by atomic mass is 10.1. The Morgan fingerprint density at radius 2 is 1.77 bits per heavy atom. The summed E-state index contributed by atoms with van der Waals surface area (Å²) in [4.78, 5) is 14.0. The molecule has 0 N–H and O–H groups in total. The maximum Gasteiger partial charge on any atom is 0.187 e. The number of hydrogen-bond acceptors (Lipinski definition) is 5. The van der Waals surface area contributed by atoms with Crippen LogP contribution in [0.15, 0.2) is 20.9 Å². The van der Waals surface area contributed by atoms with E-state index in [9.17, 15) is 0 Å². The molecule has 1 fully saturated rings. The lowest BCUT2D eigenvalue weighted by molar-refractivity contribution is 0.128. The Morgan fingerprint density at radius 3 is 2.32 bits per heavy atom. The number of aromatic nitrogens is 3. The average molecular weight is 449 g/mol. The Kier molecular flexibility index (Phi) is 4.64. The van der Waals surface area contributed by atoms with Gasteiger partial charge in [0, 0.05) is 43.3 Å². The summed E-state index contributed by atoms with van der Waals surface area (Å²) in [6, 6.07) is 0. The van der Waals surface area contributed by atoms with Crippen molar-refractivity contribution in [3.8, 4) is 5.82 Å². The fraction of sp³-hybridized carbons (Fsp3) is 0.571. The van der Waals surface area contributed by atoms with Crippen molar-refractivity contribution in [2.75, 3.05) is 31.1 Å². The van der Waals surface area contributed by atoms with Crippen LogP contribution in [-0.4, -0.2) is 51.2 Å². The van der Waals surface area contributed by atoms with Crippen LogP contribution in [0.1, 0.15) is 20.8 Å². The van der Waals surface area contributed by atoms with Gasteiger partial charge in [0.25, 0.3) is 0 Å². The summed E-state index contributed by atoms with van der Waals surface area (Å²) >= 11 is 8.53. The first-order valence-electron chi connectivity index (χ1n) is 7.21. The maximum absolute atomic E-state index is 4.76. The van der Waals surface area contributed by atoms with Crippen LogP contribution in [0.4, 0.5) is 5.13 Å². The van der Waals surface area contributed by atoms with Crippen molar-refractivity contribution in [2.24, 2.45) is 0 Å². The standard InChI is InChI=1S/C14H19Br2N5S/c1-14(2,3)20-6-4-19(5-7-20)13-18-11(9-22-13)21-8-10(15)17-12(21)16/h8-9H,4-7H2,1-3H3. The van der Waals surface area contributed by atoms with E-state index >= 15 is 0 Å². The molecule has 0 aromatic carbocycles. The van der Waals surface area contributed by atoms with Crippen LogP contribution in [0.3, 0.4) is 0 Å². The van der Waals surface area contributed by atoms with Crippen molar-refractivity contribution in [3.63, 3.8) is 0 Å². The Morgan fingerprint density at radius 1 is 1.09 bits per heavy atom. The minimum absolute atomic E-state index is 0.244. The summed E-state index contributed by atoms with van der Waals surface area (Å²) in [7, 11) is 0. The van der Waals surface area contributed by atoms with Crippen LogP contribution in [0, 0.1) is 0 Å². The van der Waals surface area contributed by atoms with Crippen LogP contribution in [0.5, 0.6) is 0 Å². The van der Waals surface area contributed by atoms with Gasteiger partial charge in [0.1, 0.15) is 4.60 Å². The number of imidazole rings is 1. The lowest BCUT2D eigenvalue weighted by Gasteiger charge is -2.42. The number of piperazine rings is 1. The Bertz CT molecular complexity index is 652. The number of halogens is 2. The monoisotopic (exact) mass is 447 g/mol. The van der Waals surface area contributed by atoms with Gasteiger partial charge >= 0.3 is 0 Å². The highest BCUT2D eigenvalue weighted by Gasteiger charge is 2.27. The summed E-state index contributed by atoms with van der Waals surface area (Å²) < 4.78 is 3.50. The molecule has 22 heavy (non-hydrogen) atoms. The second-order valence-corrected chi connectivity index (χ2v) is 8.69. The van der Waals surface area contributed by atoms with Crippen molar-refractivity contribution in [1.29, 1.82) is 0 Å². The predicted octanol–water partition coefficient (Wildman–Crippen LogP) is 3.77. The molecule has 0 radical (unpaired) electrons. The molecule has 0 atom stereocenters. The van der Waals surface area contributed by atoms with Gasteiger partial charge < -0.3 is 4.90 Å². The molecule has 0 aliphatic carbocycles. The molecule has 1 aliphatic rings. The molecule has 0 spiro atoms. The van der Waals surface area contributed by atoms with Gasteiger partial charge in [-0.1, -0.05) is 0 Å². The van der Waals surface area contributed by atoms with Gasteiger partial charge in [-0.2, -0.15) is 0 Å². The highest BCUT2D eigenvalue weighted by atomic mass is 79.9. The van der Waals surface area contributed by atoms with E-state index in [-0.39, 0.29) is 5.54 Å². The van der Waals surface area contributed by atoms with E-state index in [1.165, 1.54) is 0 Å². The molecule has 5 nitrogen and oxygen atoms in total. The smallest absolute Gasteiger partial charge is 0.187 e. The molecule has 2 aromatic heterocycles. The van der Waals surface area contributed by atoms with Gasteiger partial charge in [0.15, 0.2) is 15.7 Å². The summed E-state index contributed by atoms with van der Waals surface area (Å²) in [5.41, 5.74) is 0.244. The number of anilines is 1. The molecule has 0 unspecified atom stereocenters. The van der Waals surface area contributed by atoms with E-state index in [0.717, 1.165) is 46.5 Å². The average Bonchev–Trinajstić information content (AvgIpc) is 3.04. The van der Waals surface area contributed by atoms with E-state index in [1.807, 2.05) is 10.8 Å². The fourth-order valence-corrected chi connectivity index (χ4v) is 4.51. The van der Waals surface area contributed by atoms with Crippen LogP contribution in [0.25, 0.3) is 5.82 Å². The van der Waals surface area contributed by atoms with Gasteiger partial charge in [-0.3, -0.25) is 9.47 Å². The minimum atomic E-state index is 0.244. The Hall–Kier alpha value is -0.440. The molecule has 0 bridgehead atoms. The quantitative estimate of drug-likeness (QED) is 0.700. The zero-order chi connectivity index (χ0) is 15.9. The zero-order valence-corrected chi connectivity index (χ0v) is 16.9. The number of rotatable bonds is 2. The van der Waals surface area contributed by atoms with Crippen molar-refractivity contribution in [2.45, 2.75) is 26.3 Å². The molecule has 3 heterocycles. The van der Waals surface area contributed by atoms with E-state index in [1.54, 1.807) is 11.3 Å². The van der Waals surface area contributed by atoms with Crippen molar-refractivity contribution < 1.29 is 0 Å². The topological polar surface area (TPSA) is 37.2 Å². The van der Waals surface area contributed by atoms with E-state index in [4.69, 9.17) is 4.98 Å². The fourth-order valence-electron chi connectivity index (χ4n) is 2.57. The van der Waals surface area contributed by atoms with Crippen LogP contribution >= 0.6 is 43.2 Å². The molecule has 1 aliphatic heterocycles. The molecular formula is C14H19Br2N5S. The summed E-state index contributed by atoms with van der Waals surface area (Å²) in [6.45, 7) is 11.0. The van der Waals surface area contributed by atoms with E-state index in [0.29, 0.717) is 0 Å². The summed E-state index contributed by atoms with van der Waals surface area (Å²) in [5, 5.41) is 3.16. The summed E-state index contributed by atoms with van der Waals surface area (Å²) in [5.74, 6) is 0.906. The lowest BCUT2D eigenvalue weighted by Crippen LogP contribution is -2.53. The first-order chi connectivity index (χ1) is 10.3. The SMILES string of the molecule is CC(C)(C)N1CCN(c2nc(-n3cc(Br)nc3Br)cs2)CC1. The highest BCUT2D eigenvalue weighted by molar-refractivity contribution is 9.11. The van der Waals surface area contributed by atoms with Gasteiger partial charge in [-0.05, 0) is 52.6 Å². The molecule has 2 aromatic rings. The molecule has 120 valence electrons. The van der Waals surface area contributed by atoms with Crippen molar-refractivity contribution in [1.82, 2.24) is 19.4 Å². The predicted molar refractivity (Wildman–Crippen MR) is 98.2 cm³/mol. The van der Waals surface area contributed by atoms with Crippen LogP contribution in [-0.2, 0) is 0 Å². The molecule has 0 amide bonds. The molecule has 1 saturated heterocycles. The van der Waals surface area contributed by atoms with E-state index in [2.05, 4.69) is 72.8 Å². The first-order valence-corrected chi connectivity index (χ1v) is 9.67. The first kappa shape index (κ1) is 16.4. The Balaban J connectivity index is 1.72. The third-order valence-electron chi connectivity index (χ3n) is 3.86. The number of nitrogens with zero attached hydrogens (tertiary/aromatic N) is 5. The van der Waals surface area contributed by atoms with Gasteiger partial charge in [-0.15, -0.1) is 11.3 Å². The number of hydrogen-bond donors (Lipinski definition) is 0. The third kappa shape index (κ3) is 3.39. The van der Waals surface area contributed by atoms with Crippen molar-refractivity contribution in [3.05, 3.63) is 20.9 Å². The van der Waals surface area contributed by atoms with Gasteiger partial charge in [0.2, 0.25) is 0 Å². The third-order valence-corrected chi connectivity index (χ3v) is 5.69. The Labute approximate surface area is 151 Å². The highest BCUT2D eigenvalue weighted by Crippen LogP contribution is 2.27. The zero-order valence-electron chi connectivity index (χ0n) is 12.9. The van der Waals surface area contributed by atoms with Gasteiger partial charge in [0.05, 0.1) is 0 Å². The molecule has 0 saturated carbocycles. The van der Waals surface area contributed by atoms with Gasteiger partial charge in [-0.25, -0.2) is 9.97 Å². The minimum Gasteiger partial charge on any atom is -0.345 e. The maximum atomic E-state index is 4.76. The molecule has 3 rings (SSSR count). The van der Waals surface area contributed by atoms with Crippen LogP contribution < -0.4 is 4.90 Å². The van der Waals surface area contributed by atoms with E-state index < -0.39 is 0 Å². The second-order valence-electron chi connectivity index (χ2n) is 6.34. The largest absolute Gasteiger partial charge is 0.345 e. The molecular weight excluding hydrogens is 430 g/mol. The normalized spacial score (nSPS) is 17.2. The molecule has 8 heteroatoms. The van der Waals surface area contributed by atoms with Crippen molar-refractivity contribution >= 4 is 48.3 Å². The number of thiazole rings is 1. The second kappa shape index (κ2) is 6.22. The summed E-state index contributed by atoms with van der Waals surface area (Å²) in [6.07, 6.45) is 1.92.